The molecule has 114 valence electrons. The predicted octanol–water partition coefficient (Wildman–Crippen LogP) is 2.21. The first kappa shape index (κ1) is 14.8. The fourth-order valence-electron chi connectivity index (χ4n) is 2.22. The van der Waals surface area contributed by atoms with Gasteiger partial charge in [-0.05, 0) is 19.1 Å². The van der Waals surface area contributed by atoms with Crippen LogP contribution in [0.4, 0.5) is 5.82 Å². The molecule has 6 nitrogen and oxygen atoms in total. The third-order valence-corrected chi connectivity index (χ3v) is 6.92. The van der Waals surface area contributed by atoms with E-state index in [1.54, 1.807) is 12.1 Å². The molecule has 0 N–H and O–H groups in total. The highest BCUT2D eigenvalue weighted by atomic mass is 35.5. The van der Waals surface area contributed by atoms with Gasteiger partial charge in [0.1, 0.15) is 9.97 Å². The minimum Gasteiger partial charge on any atom is -0.360 e. The Morgan fingerprint density at radius 2 is 2.00 bits per heavy atom. The maximum atomic E-state index is 12.5. The van der Waals surface area contributed by atoms with Gasteiger partial charge in [0.05, 0.1) is 4.34 Å². The molecule has 1 aliphatic rings. The Bertz CT molecular complexity index is 733. The molecule has 0 spiro atoms. The maximum Gasteiger partial charge on any atom is 0.252 e. The molecule has 2 aromatic rings. The number of aryl methyl sites for hydroxylation is 1. The van der Waals surface area contributed by atoms with Crippen molar-refractivity contribution in [3.63, 3.8) is 0 Å². The summed E-state index contributed by atoms with van der Waals surface area (Å²) in [5, 5.41) is 3.96. The molecule has 0 bridgehead atoms. The van der Waals surface area contributed by atoms with Gasteiger partial charge in [-0.3, -0.25) is 0 Å². The number of thiophene rings is 1. The van der Waals surface area contributed by atoms with Crippen molar-refractivity contribution in [2.75, 3.05) is 31.1 Å². The first-order chi connectivity index (χ1) is 9.96. The lowest BCUT2D eigenvalue weighted by molar-refractivity contribution is 0.372. The van der Waals surface area contributed by atoms with E-state index in [-0.39, 0.29) is 0 Å². The molecule has 0 aliphatic carbocycles. The number of rotatable bonds is 3. The molecule has 3 heterocycles. The molecule has 0 saturated carbocycles. The molecule has 3 rings (SSSR count). The van der Waals surface area contributed by atoms with Crippen molar-refractivity contribution in [1.29, 1.82) is 0 Å². The Kier molecular flexibility index (Phi) is 3.96. The van der Waals surface area contributed by atoms with E-state index in [1.165, 1.54) is 4.31 Å². The van der Waals surface area contributed by atoms with Crippen LogP contribution in [0.15, 0.2) is 26.9 Å². The van der Waals surface area contributed by atoms with Crippen LogP contribution in [0.5, 0.6) is 0 Å². The van der Waals surface area contributed by atoms with Crippen molar-refractivity contribution in [1.82, 2.24) is 9.46 Å². The summed E-state index contributed by atoms with van der Waals surface area (Å²) in [7, 11) is -3.44. The van der Waals surface area contributed by atoms with E-state index >= 15 is 0 Å². The van der Waals surface area contributed by atoms with Gasteiger partial charge in [0, 0.05) is 32.2 Å². The van der Waals surface area contributed by atoms with Crippen LogP contribution in [0, 0.1) is 6.92 Å². The number of hydrogen-bond acceptors (Lipinski definition) is 6. The van der Waals surface area contributed by atoms with Crippen molar-refractivity contribution < 1.29 is 12.9 Å². The first-order valence-electron chi connectivity index (χ1n) is 6.40. The number of anilines is 1. The summed E-state index contributed by atoms with van der Waals surface area (Å²) >= 11 is 6.90. The molecule has 21 heavy (non-hydrogen) atoms. The number of nitrogens with zero attached hydrogens (tertiary/aromatic N) is 3. The molecule has 0 radical (unpaired) electrons. The Morgan fingerprint density at radius 1 is 1.29 bits per heavy atom. The summed E-state index contributed by atoms with van der Waals surface area (Å²) in [5.41, 5.74) is 0. The minimum atomic E-state index is -3.44. The van der Waals surface area contributed by atoms with Crippen LogP contribution in [-0.2, 0) is 10.0 Å². The zero-order valence-corrected chi connectivity index (χ0v) is 13.7. The van der Waals surface area contributed by atoms with Crippen molar-refractivity contribution in [2.24, 2.45) is 0 Å². The first-order valence-corrected chi connectivity index (χ1v) is 9.04. The van der Waals surface area contributed by atoms with Gasteiger partial charge in [0.2, 0.25) is 0 Å². The van der Waals surface area contributed by atoms with Crippen LogP contribution in [0.3, 0.4) is 0 Å². The third-order valence-electron chi connectivity index (χ3n) is 3.32. The molecule has 1 saturated heterocycles. The second-order valence-corrected chi connectivity index (χ2v) is 8.63. The number of hydrogen-bond donors (Lipinski definition) is 0. The Balaban J connectivity index is 1.71. The molecular formula is C12H14ClN3O3S2. The standard InChI is InChI=1S/C12H14ClN3O3S2/c1-9-8-11(14-19-9)15-4-6-16(7-5-15)21(17,18)12-3-2-10(13)20-12/h2-3,8H,4-7H2,1H3. The lowest BCUT2D eigenvalue weighted by atomic mass is 10.3. The molecule has 1 aliphatic heterocycles. The quantitative estimate of drug-likeness (QED) is 0.851. The van der Waals surface area contributed by atoms with Gasteiger partial charge in [0.15, 0.2) is 5.82 Å². The molecule has 2 aromatic heterocycles. The average Bonchev–Trinajstić information content (AvgIpc) is 3.08. The summed E-state index contributed by atoms with van der Waals surface area (Å²) in [4.78, 5) is 2.02. The van der Waals surface area contributed by atoms with E-state index in [4.69, 9.17) is 16.1 Å². The van der Waals surface area contributed by atoms with Gasteiger partial charge >= 0.3 is 0 Å². The molecule has 1 fully saturated rings. The topological polar surface area (TPSA) is 66.7 Å². The minimum absolute atomic E-state index is 0.290. The number of halogens is 1. The highest BCUT2D eigenvalue weighted by molar-refractivity contribution is 7.91. The molecule has 0 atom stereocenters. The Morgan fingerprint density at radius 3 is 2.52 bits per heavy atom. The Hall–Kier alpha value is -1.09. The van der Waals surface area contributed by atoms with Crippen molar-refractivity contribution in [3.05, 3.63) is 28.3 Å². The lowest BCUT2D eigenvalue weighted by Crippen LogP contribution is -2.48. The van der Waals surface area contributed by atoms with Gasteiger partial charge < -0.3 is 9.42 Å². The zero-order chi connectivity index (χ0) is 15.0. The lowest BCUT2D eigenvalue weighted by Gasteiger charge is -2.33. The van der Waals surface area contributed by atoms with E-state index in [9.17, 15) is 8.42 Å². The van der Waals surface area contributed by atoms with Gasteiger partial charge in [0.25, 0.3) is 10.0 Å². The van der Waals surface area contributed by atoms with Crippen LogP contribution in [-0.4, -0.2) is 44.1 Å². The smallest absolute Gasteiger partial charge is 0.252 e. The van der Waals surface area contributed by atoms with E-state index in [0.29, 0.717) is 34.7 Å². The van der Waals surface area contributed by atoms with E-state index in [0.717, 1.165) is 22.9 Å². The fraction of sp³-hybridized carbons (Fsp3) is 0.417. The van der Waals surface area contributed by atoms with Crippen molar-refractivity contribution in [3.8, 4) is 0 Å². The molecule has 0 unspecified atom stereocenters. The van der Waals surface area contributed by atoms with Crippen LogP contribution in [0.1, 0.15) is 5.76 Å². The largest absolute Gasteiger partial charge is 0.360 e. The second kappa shape index (κ2) is 5.60. The van der Waals surface area contributed by atoms with Crippen molar-refractivity contribution in [2.45, 2.75) is 11.1 Å². The van der Waals surface area contributed by atoms with Gasteiger partial charge in [-0.1, -0.05) is 16.8 Å². The molecule has 0 amide bonds. The van der Waals surface area contributed by atoms with Gasteiger partial charge in [-0.15, -0.1) is 11.3 Å². The van der Waals surface area contributed by atoms with E-state index in [1.807, 2.05) is 17.9 Å². The van der Waals surface area contributed by atoms with Gasteiger partial charge in [-0.2, -0.15) is 4.31 Å². The highest BCUT2D eigenvalue weighted by Crippen LogP contribution is 2.29. The van der Waals surface area contributed by atoms with E-state index < -0.39 is 10.0 Å². The van der Waals surface area contributed by atoms with Crippen molar-refractivity contribution >= 4 is 38.8 Å². The third kappa shape index (κ3) is 2.94. The summed E-state index contributed by atoms with van der Waals surface area (Å²) in [5.74, 6) is 1.50. The summed E-state index contributed by atoms with van der Waals surface area (Å²) in [6.45, 7) is 3.85. The normalized spacial score (nSPS) is 17.3. The second-order valence-electron chi connectivity index (χ2n) is 4.75. The fourth-order valence-corrected chi connectivity index (χ4v) is 5.28. The van der Waals surface area contributed by atoms with Crippen LogP contribution >= 0.6 is 22.9 Å². The summed E-state index contributed by atoms with van der Waals surface area (Å²) in [6, 6.07) is 5.01. The van der Waals surface area contributed by atoms with Crippen LogP contribution < -0.4 is 4.90 Å². The van der Waals surface area contributed by atoms with E-state index in [2.05, 4.69) is 5.16 Å². The molecule has 9 heteroatoms. The van der Waals surface area contributed by atoms with Crippen LogP contribution in [0.25, 0.3) is 0 Å². The monoisotopic (exact) mass is 347 g/mol. The average molecular weight is 348 g/mol. The van der Waals surface area contributed by atoms with Crippen LogP contribution in [0.2, 0.25) is 4.34 Å². The zero-order valence-electron chi connectivity index (χ0n) is 11.3. The van der Waals surface area contributed by atoms with Gasteiger partial charge in [-0.25, -0.2) is 8.42 Å². The SMILES string of the molecule is Cc1cc(N2CCN(S(=O)(=O)c3ccc(Cl)s3)CC2)no1. The Labute approximate surface area is 131 Å². The highest BCUT2D eigenvalue weighted by Gasteiger charge is 2.30. The number of piperazine rings is 1. The summed E-state index contributed by atoms with van der Waals surface area (Å²) < 4.78 is 32.2. The summed E-state index contributed by atoms with van der Waals surface area (Å²) in [6.07, 6.45) is 0. The maximum absolute atomic E-state index is 12.5. The number of sulfonamides is 1. The molecular weight excluding hydrogens is 334 g/mol. The molecule has 0 aromatic carbocycles. The predicted molar refractivity (Wildman–Crippen MR) is 81.5 cm³/mol. The number of aromatic nitrogens is 1.